The highest BCUT2D eigenvalue weighted by molar-refractivity contribution is 14.1. The van der Waals surface area contributed by atoms with E-state index < -0.39 is 0 Å². The third kappa shape index (κ3) is 5.72. The molecule has 3 aromatic rings. The summed E-state index contributed by atoms with van der Waals surface area (Å²) in [6.07, 6.45) is 2.40. The number of hydrogen-bond donors (Lipinski definition) is 0. The fourth-order valence-electron chi connectivity index (χ4n) is 3.58. The molecule has 1 saturated heterocycles. The van der Waals surface area contributed by atoms with Crippen molar-refractivity contribution in [3.8, 4) is 5.75 Å². The van der Waals surface area contributed by atoms with Crippen molar-refractivity contribution in [3.05, 3.63) is 77.8 Å². The van der Waals surface area contributed by atoms with Gasteiger partial charge in [0.25, 0.3) is 11.1 Å². The molecule has 1 fully saturated rings. The third-order valence-electron chi connectivity index (χ3n) is 5.17. The van der Waals surface area contributed by atoms with Crippen LogP contribution in [-0.2, 0) is 16.1 Å². The Hall–Kier alpha value is -1.63. The normalized spacial score (nSPS) is 15.1. The van der Waals surface area contributed by atoms with Crippen molar-refractivity contribution in [2.75, 3.05) is 20.3 Å². The van der Waals surface area contributed by atoms with Crippen LogP contribution in [0.4, 0.5) is 4.79 Å². The van der Waals surface area contributed by atoms with Crippen LogP contribution in [0.25, 0.3) is 16.8 Å². The number of fused-ring (bicyclic) bond motifs is 1. The number of halogens is 2. The number of ether oxygens (including phenoxy) is 2. The molecular weight excluding hydrogens is 664 g/mol. The Morgan fingerprint density at radius 3 is 2.52 bits per heavy atom. The minimum atomic E-state index is -0.248. The molecule has 0 saturated carbocycles. The van der Waals surface area contributed by atoms with Crippen molar-refractivity contribution in [2.24, 2.45) is 0 Å². The van der Waals surface area contributed by atoms with E-state index in [1.54, 1.807) is 13.2 Å². The van der Waals surface area contributed by atoms with E-state index >= 15 is 0 Å². The number of rotatable bonds is 8. The Bertz CT molecular complexity index is 1220. The Morgan fingerprint density at radius 1 is 1.03 bits per heavy atom. The number of nitrogens with zero attached hydrogens (tertiary/aromatic N) is 1. The molecule has 170 valence electrons. The molecule has 0 aromatic heterocycles. The monoisotopic (exact) mass is 685 g/mol. The fraction of sp³-hybridized carbons (Fsp3) is 0.200. The van der Waals surface area contributed by atoms with Crippen molar-refractivity contribution in [3.63, 3.8) is 0 Å². The summed E-state index contributed by atoms with van der Waals surface area (Å²) in [7, 11) is 1.60. The van der Waals surface area contributed by atoms with Gasteiger partial charge in [0.05, 0.1) is 12.0 Å². The average Bonchev–Trinajstić information content (AvgIpc) is 3.06. The second-order valence-corrected chi connectivity index (χ2v) is 10.7. The fourth-order valence-corrected chi connectivity index (χ4v) is 6.57. The maximum Gasteiger partial charge on any atom is 0.293 e. The largest absolute Gasteiger partial charge is 0.487 e. The van der Waals surface area contributed by atoms with Gasteiger partial charge >= 0.3 is 0 Å². The summed E-state index contributed by atoms with van der Waals surface area (Å²) in [4.78, 5) is 26.6. The molecule has 0 N–H and O–H groups in total. The first kappa shape index (κ1) is 24.5. The van der Waals surface area contributed by atoms with Gasteiger partial charge in [-0.05, 0) is 103 Å². The average molecular weight is 685 g/mol. The van der Waals surface area contributed by atoms with Gasteiger partial charge in [-0.1, -0.05) is 42.5 Å². The second-order valence-electron chi connectivity index (χ2n) is 7.42. The molecule has 0 radical (unpaired) electrons. The first-order chi connectivity index (χ1) is 16.0. The Labute approximate surface area is 224 Å². The minimum absolute atomic E-state index is 0.234. The molecule has 8 heteroatoms. The molecule has 33 heavy (non-hydrogen) atoms. The van der Waals surface area contributed by atoms with Crippen molar-refractivity contribution in [2.45, 2.75) is 13.0 Å². The summed E-state index contributed by atoms with van der Waals surface area (Å²) in [5.41, 5.74) is 2.00. The van der Waals surface area contributed by atoms with Gasteiger partial charge in [0, 0.05) is 20.3 Å². The van der Waals surface area contributed by atoms with Crippen LogP contribution in [0.1, 0.15) is 17.5 Å². The van der Waals surface area contributed by atoms with E-state index in [2.05, 4.69) is 69.4 Å². The smallest absolute Gasteiger partial charge is 0.293 e. The zero-order valence-corrected chi connectivity index (χ0v) is 23.0. The molecule has 2 amide bonds. The van der Waals surface area contributed by atoms with Crippen LogP contribution < -0.4 is 4.74 Å². The highest BCUT2D eigenvalue weighted by Crippen LogP contribution is 2.35. The standard InChI is InChI=1S/C25H21I2NO4S/c1-31-11-5-10-28-24(29)22(33-25(28)30)14-16-12-20(26)23(21(27)13-16)32-15-18-8-4-7-17-6-2-3-9-19(17)18/h2-4,6-9,12-14H,5,10-11,15H2,1H3/b22-14+. The van der Waals surface area contributed by atoms with Crippen LogP contribution >= 0.6 is 56.9 Å². The maximum absolute atomic E-state index is 12.7. The molecule has 4 rings (SSSR count). The summed E-state index contributed by atoms with van der Waals surface area (Å²) in [6.45, 7) is 1.34. The van der Waals surface area contributed by atoms with Gasteiger partial charge in [0.2, 0.25) is 0 Å². The molecule has 0 aliphatic carbocycles. The topological polar surface area (TPSA) is 55.8 Å². The number of methoxy groups -OCH3 is 1. The van der Waals surface area contributed by atoms with Crippen LogP contribution in [0.2, 0.25) is 0 Å². The van der Waals surface area contributed by atoms with E-state index in [0.717, 1.165) is 35.8 Å². The van der Waals surface area contributed by atoms with Crippen LogP contribution in [0.5, 0.6) is 5.75 Å². The quantitative estimate of drug-likeness (QED) is 0.150. The molecule has 0 bridgehead atoms. The summed E-state index contributed by atoms with van der Waals surface area (Å²) >= 11 is 5.49. The maximum atomic E-state index is 12.7. The summed E-state index contributed by atoms with van der Waals surface area (Å²) in [5.74, 6) is 0.566. The van der Waals surface area contributed by atoms with E-state index in [1.807, 2.05) is 30.3 Å². The van der Waals surface area contributed by atoms with Crippen LogP contribution in [-0.4, -0.2) is 36.3 Å². The van der Waals surface area contributed by atoms with Gasteiger partial charge in [0.15, 0.2) is 0 Å². The summed E-state index contributed by atoms with van der Waals surface area (Å²) in [6, 6.07) is 18.4. The number of amides is 2. The van der Waals surface area contributed by atoms with Crippen molar-refractivity contribution >= 4 is 84.9 Å². The van der Waals surface area contributed by atoms with Gasteiger partial charge in [-0.3, -0.25) is 14.5 Å². The van der Waals surface area contributed by atoms with Gasteiger partial charge in [0.1, 0.15) is 12.4 Å². The van der Waals surface area contributed by atoms with Crippen LogP contribution in [0.3, 0.4) is 0 Å². The molecule has 1 aliphatic heterocycles. The van der Waals surface area contributed by atoms with E-state index in [-0.39, 0.29) is 11.1 Å². The SMILES string of the molecule is COCCCN1C(=O)S/C(=C/c2cc(I)c(OCc3cccc4ccccc34)c(I)c2)C1=O. The summed E-state index contributed by atoms with van der Waals surface area (Å²) < 4.78 is 13.1. The Balaban J connectivity index is 1.50. The van der Waals surface area contributed by atoms with E-state index in [4.69, 9.17) is 9.47 Å². The van der Waals surface area contributed by atoms with Crippen molar-refractivity contribution in [1.29, 1.82) is 0 Å². The number of thioether (sulfide) groups is 1. The zero-order chi connectivity index (χ0) is 23.4. The molecule has 1 heterocycles. The molecule has 1 aliphatic rings. The van der Waals surface area contributed by atoms with Crippen molar-refractivity contribution in [1.82, 2.24) is 4.90 Å². The molecule has 5 nitrogen and oxygen atoms in total. The van der Waals surface area contributed by atoms with E-state index in [1.165, 1.54) is 15.7 Å². The lowest BCUT2D eigenvalue weighted by Gasteiger charge is -2.13. The van der Waals surface area contributed by atoms with Gasteiger partial charge in [-0.15, -0.1) is 0 Å². The lowest BCUT2D eigenvalue weighted by molar-refractivity contribution is -0.122. The number of carbonyl (C=O) groups is 2. The number of carbonyl (C=O) groups excluding carboxylic acids is 2. The van der Waals surface area contributed by atoms with Crippen LogP contribution in [0, 0.1) is 7.14 Å². The lowest BCUT2D eigenvalue weighted by atomic mass is 10.1. The van der Waals surface area contributed by atoms with Gasteiger partial charge in [-0.2, -0.15) is 0 Å². The number of benzene rings is 3. The Kier molecular flexibility index (Phi) is 8.31. The highest BCUT2D eigenvalue weighted by Gasteiger charge is 2.34. The number of hydrogen-bond acceptors (Lipinski definition) is 5. The van der Waals surface area contributed by atoms with E-state index in [9.17, 15) is 9.59 Å². The molecule has 0 unspecified atom stereocenters. The molecular formula is C25H21I2NO4S. The number of imide groups is 1. The first-order valence-electron chi connectivity index (χ1n) is 10.3. The zero-order valence-electron chi connectivity index (χ0n) is 17.8. The summed E-state index contributed by atoms with van der Waals surface area (Å²) in [5, 5.41) is 2.14. The van der Waals surface area contributed by atoms with Crippen molar-refractivity contribution < 1.29 is 19.1 Å². The Morgan fingerprint density at radius 2 is 1.76 bits per heavy atom. The predicted octanol–water partition coefficient (Wildman–Crippen LogP) is 6.70. The van der Waals surface area contributed by atoms with Gasteiger partial charge < -0.3 is 9.47 Å². The molecule has 0 atom stereocenters. The second kappa shape index (κ2) is 11.2. The molecule has 0 spiro atoms. The third-order valence-corrected chi connectivity index (χ3v) is 7.68. The molecule has 3 aromatic carbocycles. The lowest BCUT2D eigenvalue weighted by Crippen LogP contribution is -2.29. The van der Waals surface area contributed by atoms with E-state index in [0.29, 0.717) is 31.1 Å². The van der Waals surface area contributed by atoms with Gasteiger partial charge in [-0.25, -0.2) is 0 Å². The van der Waals surface area contributed by atoms with Crippen LogP contribution in [0.15, 0.2) is 59.5 Å². The predicted molar refractivity (Wildman–Crippen MR) is 149 cm³/mol. The first-order valence-corrected chi connectivity index (χ1v) is 13.3. The highest BCUT2D eigenvalue weighted by atomic mass is 127. The minimum Gasteiger partial charge on any atom is -0.487 e.